The molecule has 0 bridgehead atoms. The molecule has 0 spiro atoms. The molecule has 0 aliphatic rings. The van der Waals surface area contributed by atoms with Crippen LogP contribution in [0.5, 0.6) is 0 Å². The second-order valence-corrected chi connectivity index (χ2v) is 4.60. The summed E-state index contributed by atoms with van der Waals surface area (Å²) < 4.78 is 43.3. The molecule has 20 heavy (non-hydrogen) atoms. The lowest BCUT2D eigenvalue weighted by Gasteiger charge is -2.18. The van der Waals surface area contributed by atoms with Crippen LogP contribution in [-0.4, -0.2) is 19.1 Å². The number of carbonyl (C=O) groups excluding carboxylic acids is 1. The molecule has 112 valence electrons. The first-order valence-electron chi connectivity index (χ1n) is 6.03. The van der Waals surface area contributed by atoms with E-state index in [4.69, 9.17) is 16.3 Å². The molecule has 1 rings (SSSR count). The fourth-order valence-electron chi connectivity index (χ4n) is 1.56. The van der Waals surface area contributed by atoms with Crippen LogP contribution >= 0.6 is 11.6 Å². The third kappa shape index (κ3) is 4.30. The molecule has 1 aromatic carbocycles. The van der Waals surface area contributed by atoms with Gasteiger partial charge in [-0.05, 0) is 19.1 Å². The van der Waals surface area contributed by atoms with Gasteiger partial charge in [0.05, 0.1) is 28.8 Å². The van der Waals surface area contributed by atoms with Crippen LogP contribution in [0.4, 0.5) is 18.9 Å². The standard InChI is InChI=1S/C13H15ClF3NO2/c1-3-20-12(19)8(2)7-18-11-9(13(15,16)17)5-4-6-10(11)14/h4-6,8,18H,3,7H2,1-2H3. The summed E-state index contributed by atoms with van der Waals surface area (Å²) in [5, 5.41) is 2.53. The van der Waals surface area contributed by atoms with Crippen molar-refractivity contribution in [3.05, 3.63) is 28.8 Å². The van der Waals surface area contributed by atoms with Gasteiger partial charge in [0, 0.05) is 6.54 Å². The average molecular weight is 310 g/mol. The molecule has 0 aliphatic heterocycles. The summed E-state index contributed by atoms with van der Waals surface area (Å²) in [5.41, 5.74) is -1.08. The number of rotatable bonds is 5. The number of ether oxygens (including phenoxy) is 1. The Bertz CT molecular complexity index is 477. The zero-order valence-corrected chi connectivity index (χ0v) is 11.8. The molecule has 7 heteroatoms. The number of benzene rings is 1. The number of para-hydroxylation sites is 1. The summed E-state index contributed by atoms with van der Waals surface area (Å²) >= 11 is 5.78. The number of anilines is 1. The first-order chi connectivity index (χ1) is 9.27. The fraction of sp³-hybridized carbons (Fsp3) is 0.462. The summed E-state index contributed by atoms with van der Waals surface area (Å²) in [6, 6.07) is 3.52. The van der Waals surface area contributed by atoms with E-state index < -0.39 is 23.6 Å². The second kappa shape index (κ2) is 6.83. The smallest absolute Gasteiger partial charge is 0.418 e. The van der Waals surface area contributed by atoms with Crippen molar-refractivity contribution in [2.24, 2.45) is 5.92 Å². The van der Waals surface area contributed by atoms with Crippen LogP contribution in [-0.2, 0) is 15.7 Å². The van der Waals surface area contributed by atoms with Crippen molar-refractivity contribution in [3.63, 3.8) is 0 Å². The predicted octanol–water partition coefficient (Wildman–Crippen LogP) is 3.97. The molecule has 0 saturated carbocycles. The van der Waals surface area contributed by atoms with Crippen molar-refractivity contribution in [1.82, 2.24) is 0 Å². The molecule has 0 aliphatic carbocycles. The third-order valence-electron chi connectivity index (χ3n) is 2.59. The maximum Gasteiger partial charge on any atom is 0.418 e. The van der Waals surface area contributed by atoms with Gasteiger partial charge < -0.3 is 10.1 Å². The topological polar surface area (TPSA) is 38.3 Å². The normalized spacial score (nSPS) is 12.9. The Hall–Kier alpha value is -1.43. The molecule has 1 atom stereocenters. The minimum absolute atomic E-state index is 0.00560. The summed E-state index contributed by atoms with van der Waals surface area (Å²) in [7, 11) is 0. The van der Waals surface area contributed by atoms with E-state index in [-0.39, 0.29) is 23.9 Å². The molecular weight excluding hydrogens is 295 g/mol. The molecule has 0 fully saturated rings. The average Bonchev–Trinajstić information content (AvgIpc) is 2.35. The van der Waals surface area contributed by atoms with Gasteiger partial charge in [-0.3, -0.25) is 4.79 Å². The minimum Gasteiger partial charge on any atom is -0.466 e. The first-order valence-corrected chi connectivity index (χ1v) is 6.41. The van der Waals surface area contributed by atoms with E-state index in [2.05, 4.69) is 5.32 Å². The van der Waals surface area contributed by atoms with Gasteiger partial charge in [-0.2, -0.15) is 13.2 Å². The highest BCUT2D eigenvalue weighted by atomic mass is 35.5. The Morgan fingerprint density at radius 2 is 2.10 bits per heavy atom. The minimum atomic E-state index is -4.51. The summed E-state index contributed by atoms with van der Waals surface area (Å²) in [4.78, 5) is 11.4. The molecule has 1 unspecified atom stereocenters. The number of alkyl halides is 3. The van der Waals surface area contributed by atoms with Crippen LogP contribution in [0.15, 0.2) is 18.2 Å². The van der Waals surface area contributed by atoms with E-state index in [1.807, 2.05) is 0 Å². The van der Waals surface area contributed by atoms with Crippen LogP contribution in [0.2, 0.25) is 5.02 Å². The number of carbonyl (C=O) groups is 1. The van der Waals surface area contributed by atoms with Gasteiger partial charge in [-0.25, -0.2) is 0 Å². The molecule has 3 nitrogen and oxygen atoms in total. The van der Waals surface area contributed by atoms with Gasteiger partial charge in [-0.15, -0.1) is 0 Å². The Labute approximate surface area is 120 Å². The molecule has 0 radical (unpaired) electrons. The quantitative estimate of drug-likeness (QED) is 0.836. The Balaban J connectivity index is 2.85. The van der Waals surface area contributed by atoms with E-state index in [1.54, 1.807) is 13.8 Å². The van der Waals surface area contributed by atoms with Crippen molar-refractivity contribution in [2.75, 3.05) is 18.5 Å². The molecular formula is C13H15ClF3NO2. The van der Waals surface area contributed by atoms with Crippen LogP contribution < -0.4 is 5.32 Å². The van der Waals surface area contributed by atoms with Crippen LogP contribution in [0.3, 0.4) is 0 Å². The predicted molar refractivity (Wildman–Crippen MR) is 70.7 cm³/mol. The van der Waals surface area contributed by atoms with Gasteiger partial charge in [0.25, 0.3) is 0 Å². The number of hydrogen-bond acceptors (Lipinski definition) is 3. The zero-order chi connectivity index (χ0) is 15.3. The number of hydrogen-bond donors (Lipinski definition) is 1. The van der Waals surface area contributed by atoms with E-state index in [1.165, 1.54) is 12.1 Å². The highest BCUT2D eigenvalue weighted by molar-refractivity contribution is 6.33. The third-order valence-corrected chi connectivity index (χ3v) is 2.91. The highest BCUT2D eigenvalue weighted by Crippen LogP contribution is 2.38. The molecule has 1 N–H and O–H groups in total. The lowest BCUT2D eigenvalue weighted by Crippen LogP contribution is -2.23. The van der Waals surface area contributed by atoms with E-state index in [0.29, 0.717) is 0 Å². The van der Waals surface area contributed by atoms with Crippen molar-refractivity contribution in [1.29, 1.82) is 0 Å². The fourth-order valence-corrected chi connectivity index (χ4v) is 1.80. The summed E-state index contributed by atoms with van der Waals surface area (Å²) in [6.45, 7) is 3.46. The van der Waals surface area contributed by atoms with Crippen LogP contribution in [0, 0.1) is 5.92 Å². The first kappa shape index (κ1) is 16.6. The van der Waals surface area contributed by atoms with Gasteiger partial charge >= 0.3 is 12.1 Å². The van der Waals surface area contributed by atoms with Crippen molar-refractivity contribution >= 4 is 23.3 Å². The molecule has 0 aromatic heterocycles. The van der Waals surface area contributed by atoms with Crippen LogP contribution in [0.1, 0.15) is 19.4 Å². The zero-order valence-electron chi connectivity index (χ0n) is 11.1. The maximum atomic E-state index is 12.8. The van der Waals surface area contributed by atoms with E-state index in [9.17, 15) is 18.0 Å². The Morgan fingerprint density at radius 3 is 2.65 bits per heavy atom. The SMILES string of the molecule is CCOC(=O)C(C)CNc1c(Cl)cccc1C(F)(F)F. The molecule has 0 amide bonds. The van der Waals surface area contributed by atoms with E-state index in [0.717, 1.165) is 6.07 Å². The van der Waals surface area contributed by atoms with Gasteiger partial charge in [0.2, 0.25) is 0 Å². The number of esters is 1. The Morgan fingerprint density at radius 1 is 1.45 bits per heavy atom. The number of halogens is 4. The largest absolute Gasteiger partial charge is 0.466 e. The van der Waals surface area contributed by atoms with Crippen molar-refractivity contribution in [2.45, 2.75) is 20.0 Å². The van der Waals surface area contributed by atoms with Crippen LogP contribution in [0.25, 0.3) is 0 Å². The van der Waals surface area contributed by atoms with Gasteiger partial charge in [0.15, 0.2) is 0 Å². The molecule has 1 aromatic rings. The molecule has 0 heterocycles. The lowest BCUT2D eigenvalue weighted by atomic mass is 10.1. The van der Waals surface area contributed by atoms with Gasteiger partial charge in [0.1, 0.15) is 0 Å². The Kier molecular flexibility index (Phi) is 5.68. The van der Waals surface area contributed by atoms with Crippen molar-refractivity contribution in [3.8, 4) is 0 Å². The monoisotopic (exact) mass is 309 g/mol. The highest BCUT2D eigenvalue weighted by Gasteiger charge is 2.34. The van der Waals surface area contributed by atoms with E-state index >= 15 is 0 Å². The summed E-state index contributed by atoms with van der Waals surface area (Å²) in [5.74, 6) is -1.05. The number of nitrogens with one attached hydrogen (secondary N) is 1. The lowest BCUT2D eigenvalue weighted by molar-refractivity contribution is -0.146. The second-order valence-electron chi connectivity index (χ2n) is 4.19. The van der Waals surface area contributed by atoms with Gasteiger partial charge in [-0.1, -0.05) is 24.6 Å². The summed E-state index contributed by atoms with van der Waals surface area (Å²) in [6.07, 6.45) is -4.51. The van der Waals surface area contributed by atoms with Crippen molar-refractivity contribution < 1.29 is 22.7 Å². The maximum absolute atomic E-state index is 12.8. The molecule has 0 saturated heterocycles.